The van der Waals surface area contributed by atoms with Crippen molar-refractivity contribution in [3.8, 4) is 0 Å². The summed E-state index contributed by atoms with van der Waals surface area (Å²) >= 11 is 0. The van der Waals surface area contributed by atoms with Crippen molar-refractivity contribution in [3.05, 3.63) is 35.4 Å². The summed E-state index contributed by atoms with van der Waals surface area (Å²) in [7, 11) is 3.78. The van der Waals surface area contributed by atoms with Crippen LogP contribution >= 0.6 is 9.47 Å². The van der Waals surface area contributed by atoms with E-state index >= 15 is 0 Å². The summed E-state index contributed by atoms with van der Waals surface area (Å²) in [4.78, 5) is 4.73. The highest BCUT2D eigenvalue weighted by molar-refractivity contribution is 7.09. The Kier molecular flexibility index (Phi) is 4.57. The fourth-order valence-electron chi connectivity index (χ4n) is 1.28. The second-order valence-electron chi connectivity index (χ2n) is 2.83. The lowest BCUT2D eigenvalue weighted by Crippen LogP contribution is -2.01. The highest BCUT2D eigenvalue weighted by atomic mass is 31.0. The molecule has 1 aromatic carbocycles. The minimum absolute atomic E-state index is 0.553. The lowest BCUT2D eigenvalue weighted by Gasteiger charge is -2.06. The first-order valence-electron chi connectivity index (χ1n) is 4.27. The van der Waals surface area contributed by atoms with E-state index in [0.717, 1.165) is 16.8 Å². The van der Waals surface area contributed by atoms with Crippen molar-refractivity contribution >= 4 is 15.2 Å². The number of hydrogen-bond donors (Lipinski definition) is 0. The van der Waals surface area contributed by atoms with Crippen molar-refractivity contribution in [2.75, 3.05) is 7.11 Å². The maximum Gasteiger partial charge on any atom is 0.106 e. The Labute approximate surface area is 86.4 Å². The highest BCUT2D eigenvalue weighted by Crippen LogP contribution is 2.12. The summed E-state index contributed by atoms with van der Waals surface area (Å²) in [6.45, 7) is 2.46. The van der Waals surface area contributed by atoms with E-state index in [1.54, 1.807) is 0 Å². The molecule has 0 fully saturated rings. The number of hydrogen-bond acceptors (Lipinski definition) is 3. The molecule has 0 aliphatic carbocycles. The standard InChI is InChI=1S/C10H14NO2P/c1-8(11-12-2)10-6-4-3-5-9(10)7-13-14/h3-6H,7,14H2,1-2H3/b11-8-. The molecule has 0 aliphatic heterocycles. The normalized spacial score (nSPS) is 11.5. The molecule has 0 radical (unpaired) electrons. The van der Waals surface area contributed by atoms with Gasteiger partial charge in [0.05, 0.1) is 12.3 Å². The van der Waals surface area contributed by atoms with Gasteiger partial charge < -0.3 is 9.36 Å². The van der Waals surface area contributed by atoms with Crippen molar-refractivity contribution < 1.29 is 9.36 Å². The second-order valence-corrected chi connectivity index (χ2v) is 3.16. The van der Waals surface area contributed by atoms with Gasteiger partial charge in [-0.15, -0.1) is 0 Å². The quantitative estimate of drug-likeness (QED) is 0.435. The van der Waals surface area contributed by atoms with Gasteiger partial charge in [0.2, 0.25) is 0 Å². The molecule has 0 heterocycles. The van der Waals surface area contributed by atoms with E-state index in [2.05, 4.69) is 14.6 Å². The molecule has 1 aromatic rings. The minimum atomic E-state index is 0.553. The zero-order valence-electron chi connectivity index (χ0n) is 8.36. The van der Waals surface area contributed by atoms with E-state index in [1.165, 1.54) is 7.11 Å². The fourth-order valence-corrected chi connectivity index (χ4v) is 1.45. The fraction of sp³-hybridized carbons (Fsp3) is 0.300. The van der Waals surface area contributed by atoms with Crippen LogP contribution in [0.2, 0.25) is 0 Å². The van der Waals surface area contributed by atoms with Crippen molar-refractivity contribution in [1.82, 2.24) is 0 Å². The van der Waals surface area contributed by atoms with Crippen LogP contribution in [0.25, 0.3) is 0 Å². The smallest absolute Gasteiger partial charge is 0.106 e. The molecular formula is C10H14NO2P. The minimum Gasteiger partial charge on any atom is -0.399 e. The first-order valence-corrected chi connectivity index (χ1v) is 4.74. The van der Waals surface area contributed by atoms with E-state index in [4.69, 9.17) is 9.36 Å². The largest absolute Gasteiger partial charge is 0.399 e. The summed E-state index contributed by atoms with van der Waals surface area (Å²) in [6.07, 6.45) is 0. The van der Waals surface area contributed by atoms with Crippen molar-refractivity contribution in [3.63, 3.8) is 0 Å². The first-order chi connectivity index (χ1) is 6.79. The SMILES string of the molecule is CO/N=C(/C)c1ccccc1COP. The van der Waals surface area contributed by atoms with Crippen LogP contribution in [0.4, 0.5) is 0 Å². The summed E-state index contributed by atoms with van der Waals surface area (Å²) in [5.74, 6) is 0. The molecule has 1 unspecified atom stereocenters. The molecule has 0 bridgehead atoms. The monoisotopic (exact) mass is 211 g/mol. The van der Waals surface area contributed by atoms with Gasteiger partial charge in [0.25, 0.3) is 0 Å². The Morgan fingerprint density at radius 1 is 1.43 bits per heavy atom. The van der Waals surface area contributed by atoms with E-state index < -0.39 is 0 Å². The van der Waals surface area contributed by atoms with Crippen LogP contribution in [-0.2, 0) is 16.0 Å². The van der Waals surface area contributed by atoms with E-state index in [9.17, 15) is 0 Å². The first kappa shape index (κ1) is 11.2. The molecule has 1 rings (SSSR count). The average molecular weight is 211 g/mol. The number of benzene rings is 1. The van der Waals surface area contributed by atoms with Crippen LogP contribution in [0.1, 0.15) is 18.1 Å². The maximum atomic E-state index is 5.02. The summed E-state index contributed by atoms with van der Waals surface area (Å²) in [5.41, 5.74) is 3.00. The second kappa shape index (κ2) is 5.74. The molecule has 0 amide bonds. The molecule has 4 heteroatoms. The van der Waals surface area contributed by atoms with Crippen molar-refractivity contribution in [2.45, 2.75) is 13.5 Å². The van der Waals surface area contributed by atoms with Crippen LogP contribution in [0.5, 0.6) is 0 Å². The molecule has 0 saturated carbocycles. The lowest BCUT2D eigenvalue weighted by atomic mass is 10.0. The van der Waals surface area contributed by atoms with E-state index in [-0.39, 0.29) is 0 Å². The van der Waals surface area contributed by atoms with Gasteiger partial charge in [0.15, 0.2) is 0 Å². The molecule has 0 aromatic heterocycles. The van der Waals surface area contributed by atoms with E-state index in [1.807, 2.05) is 31.2 Å². The Bertz CT molecular complexity index is 326. The van der Waals surface area contributed by atoms with Crippen molar-refractivity contribution in [1.29, 1.82) is 0 Å². The van der Waals surface area contributed by atoms with Crippen molar-refractivity contribution in [2.24, 2.45) is 5.16 Å². The van der Waals surface area contributed by atoms with Gasteiger partial charge in [-0.1, -0.05) is 29.4 Å². The van der Waals surface area contributed by atoms with E-state index in [0.29, 0.717) is 6.61 Å². The van der Waals surface area contributed by atoms with Gasteiger partial charge in [-0.25, -0.2) is 0 Å². The summed E-state index contributed by atoms with van der Waals surface area (Å²) in [6, 6.07) is 7.95. The van der Waals surface area contributed by atoms with Crippen LogP contribution < -0.4 is 0 Å². The van der Waals surface area contributed by atoms with Crippen LogP contribution in [0, 0.1) is 0 Å². The number of rotatable bonds is 4. The molecule has 76 valence electrons. The van der Waals surface area contributed by atoms with Gasteiger partial charge >= 0.3 is 0 Å². The van der Waals surface area contributed by atoms with Gasteiger partial charge in [-0.3, -0.25) is 0 Å². The van der Waals surface area contributed by atoms with Gasteiger partial charge in [-0.2, -0.15) is 0 Å². The number of oxime groups is 1. The molecule has 0 N–H and O–H groups in total. The molecule has 0 saturated heterocycles. The topological polar surface area (TPSA) is 30.8 Å². The van der Waals surface area contributed by atoms with Crippen LogP contribution in [-0.4, -0.2) is 12.8 Å². The lowest BCUT2D eigenvalue weighted by molar-refractivity contribution is 0.213. The van der Waals surface area contributed by atoms with Crippen LogP contribution in [0.3, 0.4) is 0 Å². The predicted molar refractivity (Wildman–Crippen MR) is 60.2 cm³/mol. The molecular weight excluding hydrogens is 197 g/mol. The Hall–Kier alpha value is -0.920. The maximum absolute atomic E-state index is 5.02. The Morgan fingerprint density at radius 3 is 2.79 bits per heavy atom. The highest BCUT2D eigenvalue weighted by Gasteiger charge is 2.04. The predicted octanol–water partition coefficient (Wildman–Crippen LogP) is 2.36. The Morgan fingerprint density at radius 2 is 2.14 bits per heavy atom. The van der Waals surface area contributed by atoms with Gasteiger partial charge in [-0.05, 0) is 12.5 Å². The zero-order valence-corrected chi connectivity index (χ0v) is 9.51. The average Bonchev–Trinajstić information content (AvgIpc) is 2.19. The van der Waals surface area contributed by atoms with Crippen LogP contribution in [0.15, 0.2) is 29.4 Å². The molecule has 1 atom stereocenters. The molecule has 0 aliphatic rings. The third-order valence-electron chi connectivity index (χ3n) is 1.87. The molecule has 3 nitrogen and oxygen atoms in total. The summed E-state index contributed by atoms with van der Waals surface area (Å²) < 4.78 is 5.02. The molecule has 14 heavy (non-hydrogen) atoms. The van der Waals surface area contributed by atoms with Gasteiger partial charge in [0.1, 0.15) is 7.11 Å². The summed E-state index contributed by atoms with van der Waals surface area (Å²) in [5, 5.41) is 3.89. The third-order valence-corrected chi connectivity index (χ3v) is 2.04. The third kappa shape index (κ3) is 2.79. The molecule has 0 spiro atoms. The Balaban J connectivity index is 3.00. The number of nitrogens with zero attached hydrogens (tertiary/aromatic N) is 1. The zero-order chi connectivity index (χ0) is 10.4. The van der Waals surface area contributed by atoms with Gasteiger partial charge in [0, 0.05) is 15.0 Å².